The summed E-state index contributed by atoms with van der Waals surface area (Å²) in [6, 6.07) is 2.05. The largest absolute Gasteiger partial charge is 0.464 e. The van der Waals surface area contributed by atoms with Gasteiger partial charge in [-0.15, -0.1) is 11.3 Å². The Morgan fingerprint density at radius 1 is 1.33 bits per heavy atom. The standard InChI is InChI=1S/C13H14N2O2S/c1-7-5-8(2)10(14-6-7)12-15-11(9(3)18-12)13(16)17-4/h5-6H,1-4H3. The molecule has 0 amide bonds. The van der Waals surface area contributed by atoms with Crippen LogP contribution in [0.1, 0.15) is 26.5 Å². The number of thiazole rings is 1. The van der Waals surface area contributed by atoms with Crippen LogP contribution in [0, 0.1) is 20.8 Å². The molecule has 2 rings (SSSR count). The lowest BCUT2D eigenvalue weighted by atomic mass is 10.2. The number of aromatic nitrogens is 2. The monoisotopic (exact) mass is 262 g/mol. The van der Waals surface area contributed by atoms with Gasteiger partial charge < -0.3 is 4.74 Å². The van der Waals surface area contributed by atoms with Crippen LogP contribution in [0.3, 0.4) is 0 Å². The second-order valence-electron chi connectivity index (χ2n) is 4.09. The van der Waals surface area contributed by atoms with E-state index in [9.17, 15) is 4.79 Å². The minimum absolute atomic E-state index is 0.374. The molecule has 0 aliphatic carbocycles. The first-order valence-electron chi connectivity index (χ1n) is 5.52. The molecule has 0 spiro atoms. The lowest BCUT2D eigenvalue weighted by Gasteiger charge is -2.01. The zero-order valence-corrected chi connectivity index (χ0v) is 11.6. The zero-order chi connectivity index (χ0) is 13.3. The van der Waals surface area contributed by atoms with Crippen LogP contribution in [0.4, 0.5) is 0 Å². The summed E-state index contributed by atoms with van der Waals surface area (Å²) >= 11 is 1.46. The summed E-state index contributed by atoms with van der Waals surface area (Å²) in [5, 5.41) is 0.755. The van der Waals surface area contributed by atoms with Gasteiger partial charge in [0.05, 0.1) is 7.11 Å². The number of carbonyl (C=O) groups excluding carboxylic acids is 1. The molecule has 0 radical (unpaired) electrons. The molecule has 2 aromatic heterocycles. The number of carbonyl (C=O) groups is 1. The Hall–Kier alpha value is -1.75. The van der Waals surface area contributed by atoms with Crippen LogP contribution >= 0.6 is 11.3 Å². The Balaban J connectivity index is 2.49. The van der Waals surface area contributed by atoms with Crippen LogP contribution in [-0.4, -0.2) is 23.0 Å². The minimum Gasteiger partial charge on any atom is -0.464 e. The number of aryl methyl sites for hydroxylation is 3. The molecule has 0 aliphatic heterocycles. The van der Waals surface area contributed by atoms with Gasteiger partial charge in [0.1, 0.15) is 10.7 Å². The van der Waals surface area contributed by atoms with Gasteiger partial charge in [-0.1, -0.05) is 6.07 Å². The molecule has 2 heterocycles. The fraction of sp³-hybridized carbons (Fsp3) is 0.308. The van der Waals surface area contributed by atoms with E-state index < -0.39 is 5.97 Å². The van der Waals surface area contributed by atoms with Gasteiger partial charge in [-0.2, -0.15) is 0 Å². The first-order valence-corrected chi connectivity index (χ1v) is 6.34. The first kappa shape index (κ1) is 12.7. The van der Waals surface area contributed by atoms with Crippen molar-refractivity contribution in [1.29, 1.82) is 0 Å². The van der Waals surface area contributed by atoms with Crippen molar-refractivity contribution in [1.82, 2.24) is 9.97 Å². The summed E-state index contributed by atoms with van der Waals surface area (Å²) in [5.41, 5.74) is 3.36. The second-order valence-corrected chi connectivity index (χ2v) is 5.30. The number of ether oxygens (including phenoxy) is 1. The lowest BCUT2D eigenvalue weighted by Crippen LogP contribution is -2.03. The van der Waals surface area contributed by atoms with Gasteiger partial charge >= 0.3 is 5.97 Å². The van der Waals surface area contributed by atoms with Gasteiger partial charge in [0, 0.05) is 11.1 Å². The molecule has 2 aromatic rings. The smallest absolute Gasteiger partial charge is 0.357 e. The molecular formula is C13H14N2O2S. The van der Waals surface area contributed by atoms with Crippen molar-refractivity contribution in [3.63, 3.8) is 0 Å². The number of hydrogen-bond acceptors (Lipinski definition) is 5. The van der Waals surface area contributed by atoms with E-state index in [1.807, 2.05) is 20.8 Å². The summed E-state index contributed by atoms with van der Waals surface area (Å²) in [4.78, 5) is 21.1. The van der Waals surface area contributed by atoms with Crippen molar-refractivity contribution in [3.8, 4) is 10.7 Å². The summed E-state index contributed by atoms with van der Waals surface area (Å²) in [7, 11) is 1.36. The Kier molecular flexibility index (Phi) is 3.43. The average molecular weight is 262 g/mol. The molecule has 0 unspecified atom stereocenters. The number of pyridine rings is 1. The number of nitrogens with zero attached hydrogens (tertiary/aromatic N) is 2. The van der Waals surface area contributed by atoms with Crippen molar-refractivity contribution < 1.29 is 9.53 Å². The minimum atomic E-state index is -0.403. The van der Waals surface area contributed by atoms with Crippen LogP contribution in [0.15, 0.2) is 12.3 Å². The number of esters is 1. The van der Waals surface area contributed by atoms with Crippen LogP contribution in [0.5, 0.6) is 0 Å². The predicted octanol–water partition coefficient (Wildman–Crippen LogP) is 2.92. The van der Waals surface area contributed by atoms with Gasteiger partial charge in [0.2, 0.25) is 0 Å². The van der Waals surface area contributed by atoms with E-state index in [1.165, 1.54) is 18.4 Å². The average Bonchev–Trinajstić information content (AvgIpc) is 2.70. The second kappa shape index (κ2) is 4.86. The third kappa shape index (κ3) is 2.26. The van der Waals surface area contributed by atoms with E-state index in [0.717, 1.165) is 26.7 Å². The number of methoxy groups -OCH3 is 1. The molecule has 5 heteroatoms. The highest BCUT2D eigenvalue weighted by molar-refractivity contribution is 7.15. The summed E-state index contributed by atoms with van der Waals surface area (Å²) in [5.74, 6) is -0.403. The summed E-state index contributed by atoms with van der Waals surface area (Å²) < 4.78 is 4.70. The van der Waals surface area contributed by atoms with Gasteiger partial charge in [0.15, 0.2) is 5.69 Å². The zero-order valence-electron chi connectivity index (χ0n) is 10.8. The van der Waals surface area contributed by atoms with E-state index in [-0.39, 0.29) is 0 Å². The number of rotatable bonds is 2. The third-order valence-electron chi connectivity index (χ3n) is 2.59. The fourth-order valence-corrected chi connectivity index (χ4v) is 2.69. The molecule has 0 saturated heterocycles. The summed E-state index contributed by atoms with van der Waals surface area (Å²) in [6.45, 7) is 5.84. The molecule has 0 saturated carbocycles. The van der Waals surface area contributed by atoms with Gasteiger partial charge in [-0.05, 0) is 31.9 Å². The Morgan fingerprint density at radius 3 is 2.67 bits per heavy atom. The van der Waals surface area contributed by atoms with Gasteiger partial charge in [-0.25, -0.2) is 9.78 Å². The van der Waals surface area contributed by atoms with Crippen LogP contribution in [0.25, 0.3) is 10.7 Å². The molecule has 0 N–H and O–H groups in total. The Morgan fingerprint density at radius 2 is 2.06 bits per heavy atom. The van der Waals surface area contributed by atoms with E-state index >= 15 is 0 Å². The van der Waals surface area contributed by atoms with Crippen LogP contribution in [0.2, 0.25) is 0 Å². The van der Waals surface area contributed by atoms with Gasteiger partial charge in [0.25, 0.3) is 0 Å². The molecule has 0 bridgehead atoms. The maximum Gasteiger partial charge on any atom is 0.357 e. The van der Waals surface area contributed by atoms with E-state index in [0.29, 0.717) is 5.69 Å². The molecule has 0 aromatic carbocycles. The maximum absolute atomic E-state index is 11.5. The van der Waals surface area contributed by atoms with Crippen LogP contribution < -0.4 is 0 Å². The summed E-state index contributed by atoms with van der Waals surface area (Å²) in [6.07, 6.45) is 1.80. The fourth-order valence-electron chi connectivity index (χ4n) is 1.72. The SMILES string of the molecule is COC(=O)c1nc(-c2ncc(C)cc2C)sc1C. The predicted molar refractivity (Wildman–Crippen MR) is 70.9 cm³/mol. The molecule has 0 aliphatic rings. The van der Waals surface area contributed by atoms with Crippen molar-refractivity contribution in [2.24, 2.45) is 0 Å². The third-order valence-corrected chi connectivity index (χ3v) is 3.57. The topological polar surface area (TPSA) is 52.1 Å². The molecular weight excluding hydrogens is 248 g/mol. The first-order chi connectivity index (χ1) is 8.52. The van der Waals surface area contributed by atoms with E-state index in [1.54, 1.807) is 6.20 Å². The Bertz CT molecular complexity index is 605. The van der Waals surface area contributed by atoms with Crippen molar-refractivity contribution in [2.45, 2.75) is 20.8 Å². The molecule has 4 nitrogen and oxygen atoms in total. The Labute approximate surface area is 110 Å². The molecule has 0 fully saturated rings. The maximum atomic E-state index is 11.5. The van der Waals surface area contributed by atoms with E-state index in [4.69, 9.17) is 4.74 Å². The molecule has 18 heavy (non-hydrogen) atoms. The van der Waals surface area contributed by atoms with E-state index in [2.05, 4.69) is 16.0 Å². The van der Waals surface area contributed by atoms with Crippen molar-refractivity contribution in [3.05, 3.63) is 34.0 Å². The van der Waals surface area contributed by atoms with Crippen LogP contribution in [-0.2, 0) is 4.74 Å². The highest BCUT2D eigenvalue weighted by atomic mass is 32.1. The number of hydrogen-bond donors (Lipinski definition) is 0. The quantitative estimate of drug-likeness (QED) is 0.781. The lowest BCUT2D eigenvalue weighted by molar-refractivity contribution is 0.0594. The van der Waals surface area contributed by atoms with Crippen molar-refractivity contribution >= 4 is 17.3 Å². The normalized spacial score (nSPS) is 10.4. The highest BCUT2D eigenvalue weighted by Crippen LogP contribution is 2.28. The molecule has 94 valence electrons. The van der Waals surface area contributed by atoms with Gasteiger partial charge in [-0.3, -0.25) is 4.98 Å². The molecule has 0 atom stereocenters. The highest BCUT2D eigenvalue weighted by Gasteiger charge is 2.18. The van der Waals surface area contributed by atoms with Crippen molar-refractivity contribution in [2.75, 3.05) is 7.11 Å².